The molecule has 3 heteroatoms. The van der Waals surface area contributed by atoms with Gasteiger partial charge in [-0.3, -0.25) is 0 Å². The molecule has 0 saturated carbocycles. The molecule has 20 heavy (non-hydrogen) atoms. The first kappa shape index (κ1) is 15.1. The van der Waals surface area contributed by atoms with Crippen LogP contribution in [0.2, 0.25) is 0 Å². The third-order valence-corrected chi connectivity index (χ3v) is 4.26. The van der Waals surface area contributed by atoms with Crippen molar-refractivity contribution in [3.05, 3.63) is 65.0 Å². The third-order valence-electron chi connectivity index (χ3n) is 3.52. The average Bonchev–Trinajstić information content (AvgIpc) is 2.46. The molecule has 0 bridgehead atoms. The standard InChI is InChI=1S/C17H20FNS/c1-12-10-16(18)7-4-15(12)11-19-13(2)14-5-8-17(20-3)9-6-14/h4-10,13,19H,11H2,1-3H3. The van der Waals surface area contributed by atoms with E-state index in [1.807, 2.05) is 13.0 Å². The van der Waals surface area contributed by atoms with E-state index in [2.05, 4.69) is 42.8 Å². The number of halogens is 1. The molecule has 1 nitrogen and oxygen atoms in total. The molecule has 2 aromatic carbocycles. The lowest BCUT2D eigenvalue weighted by Crippen LogP contribution is -2.18. The van der Waals surface area contributed by atoms with Crippen molar-refractivity contribution in [2.75, 3.05) is 6.26 Å². The lowest BCUT2D eigenvalue weighted by atomic mass is 10.1. The van der Waals surface area contributed by atoms with Gasteiger partial charge in [0.1, 0.15) is 5.82 Å². The van der Waals surface area contributed by atoms with Gasteiger partial charge in [-0.2, -0.15) is 0 Å². The van der Waals surface area contributed by atoms with Crippen molar-refractivity contribution in [2.24, 2.45) is 0 Å². The summed E-state index contributed by atoms with van der Waals surface area (Å²) in [5, 5.41) is 3.48. The first-order chi connectivity index (χ1) is 9.60. The van der Waals surface area contributed by atoms with Crippen LogP contribution in [0.1, 0.15) is 29.7 Å². The van der Waals surface area contributed by atoms with Gasteiger partial charge in [-0.1, -0.05) is 18.2 Å². The van der Waals surface area contributed by atoms with Crippen molar-refractivity contribution in [3.63, 3.8) is 0 Å². The van der Waals surface area contributed by atoms with Gasteiger partial charge in [-0.05, 0) is 61.1 Å². The molecule has 0 heterocycles. The molecule has 0 aromatic heterocycles. The quantitative estimate of drug-likeness (QED) is 0.800. The lowest BCUT2D eigenvalue weighted by Gasteiger charge is -2.16. The fraction of sp³-hybridized carbons (Fsp3) is 0.294. The molecule has 0 fully saturated rings. The van der Waals surface area contributed by atoms with Crippen molar-refractivity contribution in [3.8, 4) is 0 Å². The van der Waals surface area contributed by atoms with Gasteiger partial charge >= 0.3 is 0 Å². The van der Waals surface area contributed by atoms with Crippen molar-refractivity contribution < 1.29 is 4.39 Å². The first-order valence-electron chi connectivity index (χ1n) is 6.72. The minimum atomic E-state index is -0.174. The summed E-state index contributed by atoms with van der Waals surface area (Å²) in [7, 11) is 0. The normalized spacial score (nSPS) is 12.4. The van der Waals surface area contributed by atoms with Crippen LogP contribution >= 0.6 is 11.8 Å². The molecule has 0 aliphatic carbocycles. The fourth-order valence-electron chi connectivity index (χ4n) is 2.13. The van der Waals surface area contributed by atoms with E-state index in [1.165, 1.54) is 16.5 Å². The molecular weight excluding hydrogens is 269 g/mol. The smallest absolute Gasteiger partial charge is 0.123 e. The van der Waals surface area contributed by atoms with Crippen LogP contribution < -0.4 is 5.32 Å². The van der Waals surface area contributed by atoms with Gasteiger partial charge in [0.15, 0.2) is 0 Å². The summed E-state index contributed by atoms with van der Waals surface area (Å²) in [5.41, 5.74) is 3.39. The summed E-state index contributed by atoms with van der Waals surface area (Å²) in [6.45, 7) is 4.84. The minimum absolute atomic E-state index is 0.174. The van der Waals surface area contributed by atoms with Crippen LogP contribution in [0, 0.1) is 12.7 Å². The zero-order chi connectivity index (χ0) is 14.5. The summed E-state index contributed by atoms with van der Waals surface area (Å²) in [6.07, 6.45) is 2.08. The molecule has 0 aliphatic rings. The summed E-state index contributed by atoms with van der Waals surface area (Å²) in [5.74, 6) is -0.174. The van der Waals surface area contributed by atoms with Crippen molar-refractivity contribution >= 4 is 11.8 Å². The molecule has 0 saturated heterocycles. The number of aryl methyl sites for hydroxylation is 1. The molecule has 2 aromatic rings. The van der Waals surface area contributed by atoms with Crippen LogP contribution in [0.3, 0.4) is 0 Å². The van der Waals surface area contributed by atoms with E-state index in [0.717, 1.165) is 17.7 Å². The molecular formula is C17H20FNS. The van der Waals surface area contributed by atoms with E-state index in [-0.39, 0.29) is 11.9 Å². The Hall–Kier alpha value is -1.32. The number of thioether (sulfide) groups is 1. The molecule has 0 aliphatic heterocycles. The summed E-state index contributed by atoms with van der Waals surface area (Å²) < 4.78 is 13.1. The van der Waals surface area contributed by atoms with E-state index < -0.39 is 0 Å². The molecule has 1 N–H and O–H groups in total. The second-order valence-electron chi connectivity index (χ2n) is 4.95. The maximum atomic E-state index is 13.1. The third kappa shape index (κ3) is 3.84. The molecule has 0 amide bonds. The van der Waals surface area contributed by atoms with Crippen molar-refractivity contribution in [1.82, 2.24) is 5.32 Å². The van der Waals surface area contributed by atoms with Gasteiger partial charge < -0.3 is 5.32 Å². The molecule has 1 atom stereocenters. The number of nitrogens with one attached hydrogen (secondary N) is 1. The highest BCUT2D eigenvalue weighted by molar-refractivity contribution is 7.98. The highest BCUT2D eigenvalue weighted by Crippen LogP contribution is 2.19. The monoisotopic (exact) mass is 289 g/mol. The van der Waals surface area contributed by atoms with Gasteiger partial charge in [0.25, 0.3) is 0 Å². The van der Waals surface area contributed by atoms with Crippen LogP contribution in [0.5, 0.6) is 0 Å². The van der Waals surface area contributed by atoms with Gasteiger partial charge in [0.05, 0.1) is 0 Å². The molecule has 1 unspecified atom stereocenters. The van der Waals surface area contributed by atoms with Crippen molar-refractivity contribution in [2.45, 2.75) is 31.3 Å². The summed E-state index contributed by atoms with van der Waals surface area (Å²) in [4.78, 5) is 1.27. The summed E-state index contributed by atoms with van der Waals surface area (Å²) in [6, 6.07) is 13.8. The zero-order valence-corrected chi connectivity index (χ0v) is 12.9. The molecule has 0 spiro atoms. The van der Waals surface area contributed by atoms with Crippen LogP contribution in [0.4, 0.5) is 4.39 Å². The Balaban J connectivity index is 1.98. The fourth-order valence-corrected chi connectivity index (χ4v) is 2.54. The lowest BCUT2D eigenvalue weighted by molar-refractivity contribution is 0.571. The zero-order valence-electron chi connectivity index (χ0n) is 12.1. The van der Waals surface area contributed by atoms with Gasteiger partial charge in [-0.15, -0.1) is 11.8 Å². The van der Waals surface area contributed by atoms with E-state index in [4.69, 9.17) is 0 Å². The van der Waals surface area contributed by atoms with Crippen LogP contribution in [0.25, 0.3) is 0 Å². The topological polar surface area (TPSA) is 12.0 Å². The van der Waals surface area contributed by atoms with E-state index in [9.17, 15) is 4.39 Å². The Labute approximate surface area is 124 Å². The van der Waals surface area contributed by atoms with E-state index in [0.29, 0.717) is 0 Å². The largest absolute Gasteiger partial charge is 0.306 e. The van der Waals surface area contributed by atoms with Crippen molar-refractivity contribution in [1.29, 1.82) is 0 Å². The maximum Gasteiger partial charge on any atom is 0.123 e. The number of rotatable bonds is 5. The predicted octanol–water partition coefficient (Wildman–Crippen LogP) is 4.71. The van der Waals surface area contributed by atoms with E-state index >= 15 is 0 Å². The number of hydrogen-bond donors (Lipinski definition) is 1. The highest BCUT2D eigenvalue weighted by atomic mass is 32.2. The molecule has 2 rings (SSSR count). The Morgan fingerprint density at radius 2 is 1.85 bits per heavy atom. The second kappa shape index (κ2) is 6.91. The number of benzene rings is 2. The highest BCUT2D eigenvalue weighted by Gasteiger charge is 2.06. The van der Waals surface area contributed by atoms with Crippen LogP contribution in [-0.4, -0.2) is 6.26 Å². The second-order valence-corrected chi connectivity index (χ2v) is 5.83. The number of hydrogen-bond acceptors (Lipinski definition) is 2. The maximum absolute atomic E-state index is 13.1. The van der Waals surface area contributed by atoms with Crippen LogP contribution in [-0.2, 0) is 6.54 Å². The Morgan fingerprint density at radius 1 is 1.15 bits per heavy atom. The Morgan fingerprint density at radius 3 is 2.45 bits per heavy atom. The molecule has 0 radical (unpaired) electrons. The Bertz CT molecular complexity index is 566. The molecule has 106 valence electrons. The van der Waals surface area contributed by atoms with E-state index in [1.54, 1.807) is 17.8 Å². The minimum Gasteiger partial charge on any atom is -0.306 e. The SMILES string of the molecule is CSc1ccc(C(C)NCc2ccc(F)cc2C)cc1. The first-order valence-corrected chi connectivity index (χ1v) is 7.95. The van der Waals surface area contributed by atoms with Crippen LogP contribution in [0.15, 0.2) is 47.4 Å². The average molecular weight is 289 g/mol. The predicted molar refractivity (Wildman–Crippen MR) is 84.6 cm³/mol. The Kier molecular flexibility index (Phi) is 5.21. The van der Waals surface area contributed by atoms with Gasteiger partial charge in [0, 0.05) is 17.5 Å². The van der Waals surface area contributed by atoms with Gasteiger partial charge in [-0.25, -0.2) is 4.39 Å². The summed E-state index contributed by atoms with van der Waals surface area (Å²) >= 11 is 1.75. The van der Waals surface area contributed by atoms with Gasteiger partial charge in [0.2, 0.25) is 0 Å².